The van der Waals surface area contributed by atoms with E-state index in [1.165, 1.54) is 11.8 Å². The highest BCUT2D eigenvalue weighted by molar-refractivity contribution is 7.99. The first-order valence-electron chi connectivity index (χ1n) is 4.93. The van der Waals surface area contributed by atoms with Crippen LogP contribution in [0.15, 0.2) is 47.0 Å². The SMILES string of the molecule is CC(N)c1cccnc1Sc1ncccn1. The maximum atomic E-state index is 5.87. The summed E-state index contributed by atoms with van der Waals surface area (Å²) in [5, 5.41) is 1.55. The molecule has 0 saturated heterocycles. The summed E-state index contributed by atoms with van der Waals surface area (Å²) in [6, 6.07) is 5.60. The minimum Gasteiger partial charge on any atom is -0.324 e. The van der Waals surface area contributed by atoms with Crippen molar-refractivity contribution in [3.8, 4) is 0 Å². The molecule has 5 heteroatoms. The highest BCUT2D eigenvalue weighted by Gasteiger charge is 2.09. The molecular weight excluding hydrogens is 220 g/mol. The zero-order chi connectivity index (χ0) is 11.4. The van der Waals surface area contributed by atoms with Crippen LogP contribution in [-0.4, -0.2) is 15.0 Å². The van der Waals surface area contributed by atoms with Crippen molar-refractivity contribution in [2.45, 2.75) is 23.1 Å². The standard InChI is InChI=1S/C11H12N4S/c1-8(12)9-4-2-5-13-10(9)16-11-14-6-3-7-15-11/h2-8H,12H2,1H3. The molecule has 4 nitrogen and oxygen atoms in total. The van der Waals surface area contributed by atoms with Crippen molar-refractivity contribution in [1.29, 1.82) is 0 Å². The molecule has 0 aliphatic heterocycles. The van der Waals surface area contributed by atoms with Crippen LogP contribution in [0.2, 0.25) is 0 Å². The van der Waals surface area contributed by atoms with Crippen LogP contribution in [0.4, 0.5) is 0 Å². The van der Waals surface area contributed by atoms with E-state index < -0.39 is 0 Å². The molecule has 0 amide bonds. The Bertz CT molecular complexity index is 459. The molecule has 2 heterocycles. The zero-order valence-electron chi connectivity index (χ0n) is 8.87. The molecule has 0 aliphatic rings. The lowest BCUT2D eigenvalue weighted by atomic mass is 10.2. The second-order valence-corrected chi connectivity index (χ2v) is 4.28. The molecular formula is C11H12N4S. The van der Waals surface area contributed by atoms with Crippen LogP contribution in [0.1, 0.15) is 18.5 Å². The Kier molecular flexibility index (Phi) is 3.48. The van der Waals surface area contributed by atoms with E-state index in [0.29, 0.717) is 5.16 Å². The lowest BCUT2D eigenvalue weighted by molar-refractivity contribution is 0.778. The minimum atomic E-state index is -0.0417. The van der Waals surface area contributed by atoms with Gasteiger partial charge in [-0.3, -0.25) is 0 Å². The number of hydrogen-bond donors (Lipinski definition) is 1. The number of aromatic nitrogens is 3. The molecule has 0 aliphatic carbocycles. The van der Waals surface area contributed by atoms with Gasteiger partial charge in [-0.15, -0.1) is 0 Å². The van der Waals surface area contributed by atoms with Crippen molar-refractivity contribution in [2.24, 2.45) is 5.73 Å². The van der Waals surface area contributed by atoms with Gasteiger partial charge >= 0.3 is 0 Å². The van der Waals surface area contributed by atoms with Gasteiger partial charge in [-0.05, 0) is 30.8 Å². The van der Waals surface area contributed by atoms with E-state index in [4.69, 9.17) is 5.73 Å². The molecule has 1 unspecified atom stereocenters. The molecule has 2 rings (SSSR count). The van der Waals surface area contributed by atoms with Gasteiger partial charge < -0.3 is 5.73 Å². The van der Waals surface area contributed by atoms with E-state index in [9.17, 15) is 0 Å². The predicted molar refractivity (Wildman–Crippen MR) is 63.0 cm³/mol. The maximum Gasteiger partial charge on any atom is 0.193 e. The predicted octanol–water partition coefficient (Wildman–Crippen LogP) is 2.04. The van der Waals surface area contributed by atoms with Crippen LogP contribution in [0.3, 0.4) is 0 Å². The number of rotatable bonds is 3. The number of hydrogen-bond acceptors (Lipinski definition) is 5. The monoisotopic (exact) mass is 232 g/mol. The summed E-state index contributed by atoms with van der Waals surface area (Å²) in [7, 11) is 0. The van der Waals surface area contributed by atoms with Crippen molar-refractivity contribution in [3.05, 3.63) is 42.4 Å². The molecule has 1 atom stereocenters. The van der Waals surface area contributed by atoms with Gasteiger partial charge in [0.25, 0.3) is 0 Å². The molecule has 0 bridgehead atoms. The van der Waals surface area contributed by atoms with Crippen molar-refractivity contribution in [1.82, 2.24) is 15.0 Å². The van der Waals surface area contributed by atoms with E-state index in [1.54, 1.807) is 24.7 Å². The van der Waals surface area contributed by atoms with Gasteiger partial charge in [0.2, 0.25) is 0 Å². The van der Waals surface area contributed by atoms with Gasteiger partial charge in [0.05, 0.1) is 0 Å². The largest absolute Gasteiger partial charge is 0.324 e. The van der Waals surface area contributed by atoms with E-state index >= 15 is 0 Å². The van der Waals surface area contributed by atoms with Crippen molar-refractivity contribution in [3.63, 3.8) is 0 Å². The third-order valence-electron chi connectivity index (χ3n) is 2.02. The number of pyridine rings is 1. The van der Waals surface area contributed by atoms with Gasteiger partial charge in [-0.2, -0.15) is 0 Å². The third kappa shape index (κ3) is 2.56. The Morgan fingerprint density at radius 1 is 1.12 bits per heavy atom. The Hall–Kier alpha value is -1.46. The summed E-state index contributed by atoms with van der Waals surface area (Å²) >= 11 is 1.43. The topological polar surface area (TPSA) is 64.7 Å². The Morgan fingerprint density at radius 2 is 1.81 bits per heavy atom. The van der Waals surface area contributed by atoms with Crippen LogP contribution in [-0.2, 0) is 0 Å². The van der Waals surface area contributed by atoms with Gasteiger partial charge in [-0.1, -0.05) is 6.07 Å². The average molecular weight is 232 g/mol. The summed E-state index contributed by atoms with van der Waals surface area (Å²) < 4.78 is 0. The molecule has 0 saturated carbocycles. The minimum absolute atomic E-state index is 0.0417. The first-order chi connectivity index (χ1) is 7.77. The molecule has 0 radical (unpaired) electrons. The molecule has 82 valence electrons. The molecule has 0 fully saturated rings. The molecule has 2 aromatic rings. The van der Waals surface area contributed by atoms with Gasteiger partial charge in [0.1, 0.15) is 5.03 Å². The third-order valence-corrected chi connectivity index (χ3v) is 2.95. The molecule has 0 aromatic carbocycles. The van der Waals surface area contributed by atoms with Gasteiger partial charge in [0, 0.05) is 30.2 Å². The first kappa shape index (κ1) is 11.0. The maximum absolute atomic E-state index is 5.87. The fraction of sp³-hybridized carbons (Fsp3) is 0.182. The van der Waals surface area contributed by atoms with E-state index in [-0.39, 0.29) is 6.04 Å². The first-order valence-corrected chi connectivity index (χ1v) is 5.74. The second-order valence-electron chi connectivity index (χ2n) is 3.32. The Labute approximate surface area is 98.3 Å². The Balaban J connectivity index is 2.28. The van der Waals surface area contributed by atoms with E-state index in [1.807, 2.05) is 19.1 Å². The lowest BCUT2D eigenvalue weighted by Crippen LogP contribution is -2.07. The van der Waals surface area contributed by atoms with E-state index in [2.05, 4.69) is 15.0 Å². The number of nitrogens with two attached hydrogens (primary N) is 1. The molecule has 2 aromatic heterocycles. The van der Waals surface area contributed by atoms with Crippen LogP contribution < -0.4 is 5.73 Å². The Morgan fingerprint density at radius 3 is 2.50 bits per heavy atom. The molecule has 16 heavy (non-hydrogen) atoms. The van der Waals surface area contributed by atoms with Crippen LogP contribution in [0, 0.1) is 0 Å². The quantitative estimate of drug-likeness (QED) is 0.820. The second kappa shape index (κ2) is 5.05. The van der Waals surface area contributed by atoms with Crippen molar-refractivity contribution in [2.75, 3.05) is 0 Å². The number of nitrogens with zero attached hydrogens (tertiary/aromatic N) is 3. The summed E-state index contributed by atoms with van der Waals surface area (Å²) in [4.78, 5) is 12.6. The fourth-order valence-electron chi connectivity index (χ4n) is 1.26. The van der Waals surface area contributed by atoms with E-state index in [0.717, 1.165) is 10.6 Å². The smallest absolute Gasteiger partial charge is 0.193 e. The highest BCUT2D eigenvalue weighted by atomic mass is 32.2. The van der Waals surface area contributed by atoms with Gasteiger partial charge in [0.15, 0.2) is 5.16 Å². The average Bonchev–Trinajstić information content (AvgIpc) is 2.31. The summed E-state index contributed by atoms with van der Waals surface area (Å²) in [5.74, 6) is 0. The zero-order valence-corrected chi connectivity index (χ0v) is 9.69. The molecule has 0 spiro atoms. The normalized spacial score (nSPS) is 12.4. The van der Waals surface area contributed by atoms with Crippen LogP contribution >= 0.6 is 11.8 Å². The summed E-state index contributed by atoms with van der Waals surface area (Å²) in [6.45, 7) is 1.94. The fourth-order valence-corrected chi connectivity index (χ4v) is 2.15. The van der Waals surface area contributed by atoms with Crippen LogP contribution in [0.5, 0.6) is 0 Å². The van der Waals surface area contributed by atoms with Crippen molar-refractivity contribution >= 4 is 11.8 Å². The van der Waals surface area contributed by atoms with Crippen LogP contribution in [0.25, 0.3) is 0 Å². The van der Waals surface area contributed by atoms with Gasteiger partial charge in [-0.25, -0.2) is 15.0 Å². The lowest BCUT2D eigenvalue weighted by Gasteiger charge is -2.09. The highest BCUT2D eigenvalue weighted by Crippen LogP contribution is 2.27. The molecule has 2 N–H and O–H groups in total. The van der Waals surface area contributed by atoms with Crippen molar-refractivity contribution < 1.29 is 0 Å². The summed E-state index contributed by atoms with van der Waals surface area (Å²) in [5.41, 5.74) is 6.89. The summed E-state index contributed by atoms with van der Waals surface area (Å²) in [6.07, 6.45) is 5.17.